The van der Waals surface area contributed by atoms with Gasteiger partial charge in [-0.25, -0.2) is 0 Å². The number of allylic oxidation sites excluding steroid dienone is 1. The molecule has 5 rings (SSSR count). The molecular formula is C20H24O2. The maximum Gasteiger partial charge on any atom is 0.115 e. The SMILES string of the molecule is C[C@]12CC[C@@H]3c4ccc(O)cc4CC[C@H]3[C@]13C=C[C@@]2(O)CC3. The van der Waals surface area contributed by atoms with E-state index in [0.717, 1.165) is 25.7 Å². The molecule has 5 atom stereocenters. The third-order valence-electron chi connectivity index (χ3n) is 7.91. The predicted molar refractivity (Wildman–Crippen MR) is 85.8 cm³/mol. The van der Waals surface area contributed by atoms with Gasteiger partial charge in [0, 0.05) is 10.8 Å². The van der Waals surface area contributed by atoms with Crippen molar-refractivity contribution in [1.29, 1.82) is 0 Å². The lowest BCUT2D eigenvalue weighted by molar-refractivity contribution is -0.0870. The number of aromatic hydroxyl groups is 1. The van der Waals surface area contributed by atoms with Crippen LogP contribution < -0.4 is 0 Å². The van der Waals surface area contributed by atoms with Crippen LogP contribution in [0.4, 0.5) is 0 Å². The van der Waals surface area contributed by atoms with Gasteiger partial charge in [-0.1, -0.05) is 25.1 Å². The number of rotatable bonds is 0. The number of aliphatic hydroxyl groups is 1. The summed E-state index contributed by atoms with van der Waals surface area (Å²) in [6.45, 7) is 2.34. The fraction of sp³-hybridized carbons (Fsp3) is 0.600. The van der Waals surface area contributed by atoms with Crippen molar-refractivity contribution < 1.29 is 10.2 Å². The number of hydrogen-bond donors (Lipinski definition) is 2. The van der Waals surface area contributed by atoms with E-state index in [9.17, 15) is 10.2 Å². The van der Waals surface area contributed by atoms with Crippen LogP contribution >= 0.6 is 0 Å². The molecule has 1 aromatic carbocycles. The summed E-state index contributed by atoms with van der Waals surface area (Å²) in [6.07, 6.45) is 11.1. The zero-order valence-corrected chi connectivity index (χ0v) is 13.2. The van der Waals surface area contributed by atoms with Crippen molar-refractivity contribution in [1.82, 2.24) is 0 Å². The number of phenolic OH excluding ortho intramolecular Hbond substituents is 1. The molecule has 0 radical (unpaired) electrons. The molecule has 2 fully saturated rings. The Morgan fingerprint density at radius 1 is 1.09 bits per heavy atom. The van der Waals surface area contributed by atoms with E-state index >= 15 is 0 Å². The molecule has 0 amide bonds. The van der Waals surface area contributed by atoms with E-state index in [1.54, 1.807) is 0 Å². The van der Waals surface area contributed by atoms with Crippen LogP contribution in [0.15, 0.2) is 30.4 Å². The summed E-state index contributed by atoms with van der Waals surface area (Å²) in [4.78, 5) is 0. The van der Waals surface area contributed by atoms with Gasteiger partial charge in [-0.2, -0.15) is 0 Å². The predicted octanol–water partition coefficient (Wildman–Crippen LogP) is 3.92. The highest BCUT2D eigenvalue weighted by molar-refractivity contribution is 5.44. The summed E-state index contributed by atoms with van der Waals surface area (Å²) < 4.78 is 0. The van der Waals surface area contributed by atoms with Gasteiger partial charge in [0.2, 0.25) is 0 Å². The molecule has 4 aliphatic rings. The van der Waals surface area contributed by atoms with Crippen LogP contribution in [0.25, 0.3) is 0 Å². The topological polar surface area (TPSA) is 40.5 Å². The summed E-state index contributed by atoms with van der Waals surface area (Å²) in [7, 11) is 0. The maximum atomic E-state index is 11.1. The number of benzene rings is 1. The lowest BCUT2D eigenvalue weighted by atomic mass is 9.48. The molecule has 2 nitrogen and oxygen atoms in total. The van der Waals surface area contributed by atoms with Crippen molar-refractivity contribution in [2.75, 3.05) is 0 Å². The monoisotopic (exact) mass is 296 g/mol. The molecule has 0 unspecified atom stereocenters. The summed E-state index contributed by atoms with van der Waals surface area (Å²) in [5, 5.41) is 20.9. The first kappa shape index (κ1) is 13.2. The second-order valence-electron chi connectivity index (χ2n) is 8.30. The first-order valence-electron chi connectivity index (χ1n) is 8.74. The van der Waals surface area contributed by atoms with Crippen LogP contribution in [0.2, 0.25) is 0 Å². The number of phenols is 1. The lowest BCUT2D eigenvalue weighted by Crippen LogP contribution is -2.52. The molecule has 0 aromatic heterocycles. The Morgan fingerprint density at radius 3 is 2.73 bits per heavy atom. The van der Waals surface area contributed by atoms with Crippen LogP contribution in [-0.4, -0.2) is 15.8 Å². The molecule has 0 saturated heterocycles. The fourth-order valence-corrected chi connectivity index (χ4v) is 6.66. The Kier molecular flexibility index (Phi) is 2.27. The number of hydrogen-bond acceptors (Lipinski definition) is 2. The fourth-order valence-electron chi connectivity index (χ4n) is 6.66. The number of aryl methyl sites for hydroxylation is 1. The van der Waals surface area contributed by atoms with Crippen molar-refractivity contribution in [3.63, 3.8) is 0 Å². The van der Waals surface area contributed by atoms with Gasteiger partial charge in [0.1, 0.15) is 5.75 Å². The Balaban J connectivity index is 1.64. The third-order valence-corrected chi connectivity index (χ3v) is 7.91. The average Bonchev–Trinajstić information content (AvgIpc) is 2.88. The summed E-state index contributed by atoms with van der Waals surface area (Å²) >= 11 is 0. The molecule has 2 heteroatoms. The van der Waals surface area contributed by atoms with Crippen molar-refractivity contribution in [3.05, 3.63) is 41.5 Å². The zero-order chi connectivity index (χ0) is 15.2. The summed E-state index contributed by atoms with van der Waals surface area (Å²) in [5.41, 5.74) is 2.47. The zero-order valence-electron chi connectivity index (χ0n) is 13.2. The Bertz CT molecular complexity index is 693. The van der Waals surface area contributed by atoms with E-state index in [0.29, 0.717) is 17.6 Å². The van der Waals surface area contributed by atoms with Crippen LogP contribution in [0.5, 0.6) is 5.75 Å². The molecule has 22 heavy (non-hydrogen) atoms. The Morgan fingerprint density at radius 2 is 1.95 bits per heavy atom. The Labute approximate surface area is 131 Å². The molecule has 2 saturated carbocycles. The quantitative estimate of drug-likeness (QED) is 0.712. The van der Waals surface area contributed by atoms with E-state index in [-0.39, 0.29) is 10.8 Å². The van der Waals surface area contributed by atoms with Gasteiger partial charge >= 0.3 is 0 Å². The molecule has 116 valence electrons. The summed E-state index contributed by atoms with van der Waals surface area (Å²) in [6, 6.07) is 5.97. The van der Waals surface area contributed by atoms with Gasteiger partial charge in [-0.3, -0.25) is 0 Å². The van der Waals surface area contributed by atoms with E-state index in [1.807, 2.05) is 12.1 Å². The molecular weight excluding hydrogens is 272 g/mol. The first-order chi connectivity index (χ1) is 10.5. The largest absolute Gasteiger partial charge is 0.508 e. The highest BCUT2D eigenvalue weighted by Crippen LogP contribution is 2.74. The van der Waals surface area contributed by atoms with E-state index in [2.05, 4.69) is 25.1 Å². The van der Waals surface area contributed by atoms with Crippen LogP contribution in [0, 0.1) is 16.7 Å². The molecule has 1 aromatic rings. The van der Waals surface area contributed by atoms with Gasteiger partial charge in [-0.15, -0.1) is 0 Å². The minimum Gasteiger partial charge on any atom is -0.508 e. The van der Waals surface area contributed by atoms with Gasteiger partial charge in [0.25, 0.3) is 0 Å². The second kappa shape index (κ2) is 3.79. The normalized spacial score (nSPS) is 47.9. The highest BCUT2D eigenvalue weighted by Gasteiger charge is 2.70. The summed E-state index contributed by atoms with van der Waals surface area (Å²) in [5.74, 6) is 1.64. The standard InChI is InChI=1S/C20H24O2/c1-18-7-6-16-15-4-3-14(21)12-13(15)2-5-17(16)19(18)8-10-20(18,22)11-9-19/h3-4,8,10,12,16-17,21-22H,2,5-7,9,11H2,1H3/t16-,17-,18+,19-,20-/m1/s1. The van der Waals surface area contributed by atoms with Crippen molar-refractivity contribution in [2.24, 2.45) is 16.7 Å². The minimum absolute atomic E-state index is 0.0373. The Hall–Kier alpha value is -1.28. The van der Waals surface area contributed by atoms with Crippen LogP contribution in [0.3, 0.4) is 0 Å². The molecule has 2 bridgehead atoms. The molecule has 0 aliphatic heterocycles. The minimum atomic E-state index is -0.562. The van der Waals surface area contributed by atoms with E-state index in [1.165, 1.54) is 24.0 Å². The molecule has 0 heterocycles. The average molecular weight is 296 g/mol. The second-order valence-corrected chi connectivity index (χ2v) is 8.30. The lowest BCUT2D eigenvalue weighted by Gasteiger charge is -2.56. The van der Waals surface area contributed by atoms with E-state index in [4.69, 9.17) is 0 Å². The third kappa shape index (κ3) is 1.24. The van der Waals surface area contributed by atoms with Crippen LogP contribution in [-0.2, 0) is 6.42 Å². The first-order valence-corrected chi connectivity index (χ1v) is 8.74. The maximum absolute atomic E-state index is 11.1. The van der Waals surface area contributed by atoms with Crippen molar-refractivity contribution >= 4 is 0 Å². The molecule has 4 aliphatic carbocycles. The van der Waals surface area contributed by atoms with Crippen molar-refractivity contribution in [2.45, 2.75) is 57.0 Å². The van der Waals surface area contributed by atoms with E-state index < -0.39 is 5.60 Å². The van der Waals surface area contributed by atoms with Gasteiger partial charge in [-0.05, 0) is 73.6 Å². The van der Waals surface area contributed by atoms with Crippen LogP contribution in [0.1, 0.15) is 56.1 Å². The highest BCUT2D eigenvalue weighted by atomic mass is 16.3. The van der Waals surface area contributed by atoms with Gasteiger partial charge < -0.3 is 10.2 Å². The van der Waals surface area contributed by atoms with Gasteiger partial charge in [0.05, 0.1) is 5.60 Å². The molecule has 0 spiro atoms. The smallest absolute Gasteiger partial charge is 0.115 e. The van der Waals surface area contributed by atoms with Gasteiger partial charge in [0.15, 0.2) is 0 Å². The van der Waals surface area contributed by atoms with Crippen molar-refractivity contribution in [3.8, 4) is 5.75 Å². The molecule has 2 N–H and O–H groups in total. The number of fused-ring (bicyclic) bond motifs is 3.